The molecular formula is C10H16N2O10. The first-order valence-corrected chi connectivity index (χ1v) is 5.54. The second-order valence-corrected chi connectivity index (χ2v) is 3.95. The fourth-order valence-electron chi connectivity index (χ4n) is 0.937. The highest BCUT2D eigenvalue weighted by Gasteiger charge is 2.30. The van der Waals surface area contributed by atoms with E-state index < -0.39 is 60.7 Å². The Hall–Kier alpha value is -2.73. The van der Waals surface area contributed by atoms with Crippen LogP contribution in [0.5, 0.6) is 0 Å². The number of aliphatic carboxylic acids is 5. The third kappa shape index (κ3) is 10.1. The van der Waals surface area contributed by atoms with Gasteiger partial charge in [-0.25, -0.2) is 0 Å². The number of rotatable bonds is 8. The molecule has 2 unspecified atom stereocenters. The number of carboxylic acid groups (broad SMARTS) is 5. The number of hydrogen-bond donors (Lipinski definition) is 7. The zero-order valence-corrected chi connectivity index (χ0v) is 11.1. The van der Waals surface area contributed by atoms with Crippen molar-refractivity contribution in [2.75, 3.05) is 0 Å². The van der Waals surface area contributed by atoms with Crippen LogP contribution >= 0.6 is 0 Å². The summed E-state index contributed by atoms with van der Waals surface area (Å²) in [7, 11) is 0. The summed E-state index contributed by atoms with van der Waals surface area (Å²) < 4.78 is 0. The molecule has 0 heterocycles. The summed E-state index contributed by atoms with van der Waals surface area (Å²) in [5, 5.41) is 41.0. The Balaban J connectivity index is 0. The summed E-state index contributed by atoms with van der Waals surface area (Å²) in [6.07, 6.45) is -1.16. The van der Waals surface area contributed by atoms with Gasteiger partial charge in [-0.1, -0.05) is 0 Å². The average molecular weight is 324 g/mol. The molecule has 0 bridgehead atoms. The fourth-order valence-corrected chi connectivity index (χ4v) is 0.937. The lowest BCUT2D eigenvalue weighted by atomic mass is 10.0. The minimum atomic E-state index is -1.77. The predicted octanol–water partition coefficient (Wildman–Crippen LogP) is -2.55. The quantitative estimate of drug-likeness (QED) is 0.228. The first-order chi connectivity index (χ1) is 9.89. The molecule has 0 rings (SSSR count). The van der Waals surface area contributed by atoms with Gasteiger partial charge in [0.1, 0.15) is 12.1 Å². The number of carbonyl (C=O) groups is 5. The van der Waals surface area contributed by atoms with Crippen LogP contribution in [-0.2, 0) is 24.0 Å². The molecule has 12 nitrogen and oxygen atoms in total. The average Bonchev–Trinajstić information content (AvgIpc) is 2.34. The summed E-state index contributed by atoms with van der Waals surface area (Å²) in [5.41, 5.74) is 9.80. The molecule has 0 amide bonds. The van der Waals surface area contributed by atoms with Crippen molar-refractivity contribution in [1.29, 1.82) is 0 Å². The highest BCUT2D eigenvalue weighted by Crippen LogP contribution is 2.06. The van der Waals surface area contributed by atoms with Crippen LogP contribution < -0.4 is 11.5 Å². The Bertz CT molecular complexity index is 435. The van der Waals surface area contributed by atoms with Crippen LogP contribution in [0.25, 0.3) is 0 Å². The van der Waals surface area contributed by atoms with Gasteiger partial charge in [-0.3, -0.25) is 24.0 Å². The maximum absolute atomic E-state index is 10.3. The van der Waals surface area contributed by atoms with Gasteiger partial charge in [0.15, 0.2) is 5.92 Å². The van der Waals surface area contributed by atoms with Crippen molar-refractivity contribution in [2.45, 2.75) is 24.9 Å². The van der Waals surface area contributed by atoms with Gasteiger partial charge < -0.3 is 37.0 Å². The molecule has 0 aromatic heterocycles. The van der Waals surface area contributed by atoms with Gasteiger partial charge in [0.05, 0.1) is 6.42 Å². The molecule has 0 radical (unpaired) electrons. The highest BCUT2D eigenvalue weighted by atomic mass is 16.4. The maximum atomic E-state index is 10.3. The second kappa shape index (κ2) is 10.1. The summed E-state index contributed by atoms with van der Waals surface area (Å²) in [6.45, 7) is 0. The van der Waals surface area contributed by atoms with Crippen LogP contribution in [-0.4, -0.2) is 67.5 Å². The lowest BCUT2D eigenvalue weighted by Crippen LogP contribution is -2.37. The number of nitrogens with two attached hydrogens (primary N) is 2. The summed E-state index contributed by atoms with van der Waals surface area (Å²) >= 11 is 0. The first kappa shape index (κ1) is 21.6. The van der Waals surface area contributed by atoms with E-state index in [9.17, 15) is 24.0 Å². The van der Waals surface area contributed by atoms with Crippen LogP contribution in [0.2, 0.25) is 0 Å². The molecule has 0 saturated heterocycles. The number of carboxylic acids is 5. The maximum Gasteiger partial charge on any atom is 0.321 e. The standard InChI is InChI=1S/C6H9NO6.C4H7NO4/c7-3(6(12)13)1-2(4(8)9)5(10)11;5-2(4(8)9)1-3(6)7/h2-3H,1,7H2,(H,8,9)(H,10,11)(H,12,13);2H,1,5H2,(H,6,7)(H,8,9). The molecule has 0 aliphatic carbocycles. The molecule has 2 atom stereocenters. The molecule has 22 heavy (non-hydrogen) atoms. The lowest BCUT2D eigenvalue weighted by Gasteiger charge is -2.09. The van der Waals surface area contributed by atoms with Crippen molar-refractivity contribution in [1.82, 2.24) is 0 Å². The van der Waals surface area contributed by atoms with Crippen LogP contribution in [0.15, 0.2) is 0 Å². The van der Waals surface area contributed by atoms with Crippen LogP contribution in [0.3, 0.4) is 0 Å². The number of hydrogen-bond acceptors (Lipinski definition) is 7. The fraction of sp³-hybridized carbons (Fsp3) is 0.500. The third-order valence-electron chi connectivity index (χ3n) is 2.11. The Labute approximate surface area is 122 Å². The van der Waals surface area contributed by atoms with Crippen LogP contribution in [0, 0.1) is 5.92 Å². The largest absolute Gasteiger partial charge is 0.481 e. The van der Waals surface area contributed by atoms with Gasteiger partial charge in [-0.15, -0.1) is 0 Å². The second-order valence-electron chi connectivity index (χ2n) is 3.95. The van der Waals surface area contributed by atoms with Gasteiger partial charge >= 0.3 is 29.8 Å². The summed E-state index contributed by atoms with van der Waals surface area (Å²) in [5.74, 6) is -8.88. The zero-order chi connectivity index (χ0) is 18.0. The van der Waals surface area contributed by atoms with Crippen molar-refractivity contribution >= 4 is 29.8 Å². The van der Waals surface area contributed by atoms with Crippen molar-refractivity contribution in [3.8, 4) is 0 Å². The Morgan fingerprint density at radius 3 is 1.23 bits per heavy atom. The van der Waals surface area contributed by atoms with E-state index in [0.717, 1.165) is 0 Å². The molecule has 0 aromatic carbocycles. The minimum Gasteiger partial charge on any atom is -0.481 e. The molecule has 0 saturated carbocycles. The lowest BCUT2D eigenvalue weighted by molar-refractivity contribution is -0.155. The van der Waals surface area contributed by atoms with Gasteiger partial charge in [-0.05, 0) is 6.42 Å². The summed E-state index contributed by atoms with van der Waals surface area (Å²) in [6, 6.07) is -2.76. The molecule has 0 aliphatic heterocycles. The third-order valence-corrected chi connectivity index (χ3v) is 2.11. The van der Waals surface area contributed by atoms with Crippen molar-refractivity contribution in [3.05, 3.63) is 0 Å². The SMILES string of the molecule is NC(CC(=O)O)C(=O)O.NC(CC(C(=O)O)C(=O)O)C(=O)O. The Morgan fingerprint density at radius 1 is 0.682 bits per heavy atom. The first-order valence-electron chi connectivity index (χ1n) is 5.54. The molecule has 12 heteroatoms. The van der Waals surface area contributed by atoms with E-state index in [1.165, 1.54) is 0 Å². The van der Waals surface area contributed by atoms with E-state index in [1.807, 2.05) is 0 Å². The van der Waals surface area contributed by atoms with E-state index in [2.05, 4.69) is 0 Å². The van der Waals surface area contributed by atoms with Gasteiger partial charge in [0.2, 0.25) is 0 Å². The van der Waals surface area contributed by atoms with E-state index in [4.69, 9.17) is 37.0 Å². The van der Waals surface area contributed by atoms with Gasteiger partial charge in [0.25, 0.3) is 0 Å². The summed E-state index contributed by atoms with van der Waals surface area (Å²) in [4.78, 5) is 50.3. The molecule has 0 aliphatic rings. The smallest absolute Gasteiger partial charge is 0.321 e. The molecule has 0 spiro atoms. The molecule has 0 fully saturated rings. The van der Waals surface area contributed by atoms with Gasteiger partial charge in [0, 0.05) is 0 Å². The normalized spacial score (nSPS) is 12.5. The van der Waals surface area contributed by atoms with Crippen molar-refractivity contribution in [3.63, 3.8) is 0 Å². The van der Waals surface area contributed by atoms with Crippen molar-refractivity contribution in [2.24, 2.45) is 17.4 Å². The van der Waals surface area contributed by atoms with E-state index >= 15 is 0 Å². The molecule has 0 aromatic rings. The Morgan fingerprint density at radius 2 is 1.05 bits per heavy atom. The zero-order valence-electron chi connectivity index (χ0n) is 11.1. The van der Waals surface area contributed by atoms with E-state index in [0.29, 0.717) is 0 Å². The van der Waals surface area contributed by atoms with Crippen LogP contribution in [0.4, 0.5) is 0 Å². The minimum absolute atomic E-state index is 0.532. The van der Waals surface area contributed by atoms with Crippen LogP contribution in [0.1, 0.15) is 12.8 Å². The molecule has 126 valence electrons. The Kier molecular flexibility index (Phi) is 9.86. The van der Waals surface area contributed by atoms with Crippen molar-refractivity contribution < 1.29 is 49.5 Å². The monoisotopic (exact) mass is 324 g/mol. The highest BCUT2D eigenvalue weighted by molar-refractivity contribution is 5.93. The van der Waals surface area contributed by atoms with E-state index in [1.54, 1.807) is 0 Å². The molecular weight excluding hydrogens is 308 g/mol. The molecule has 9 N–H and O–H groups in total. The van der Waals surface area contributed by atoms with Gasteiger partial charge in [-0.2, -0.15) is 0 Å². The van der Waals surface area contributed by atoms with E-state index in [-0.39, 0.29) is 0 Å². The predicted molar refractivity (Wildman–Crippen MR) is 66.9 cm³/mol. The topological polar surface area (TPSA) is 239 Å².